The van der Waals surface area contributed by atoms with Crippen molar-refractivity contribution in [3.8, 4) is 5.75 Å². The van der Waals surface area contributed by atoms with Gasteiger partial charge in [0.2, 0.25) is 0 Å². The molecule has 108 valence electrons. The van der Waals surface area contributed by atoms with Crippen molar-refractivity contribution in [2.24, 2.45) is 5.73 Å². The fraction of sp³-hybridized carbons (Fsp3) is 0.600. The summed E-state index contributed by atoms with van der Waals surface area (Å²) in [5.41, 5.74) is 6.76. The van der Waals surface area contributed by atoms with Crippen LogP contribution in [0.25, 0.3) is 0 Å². The average molecular weight is 269 g/mol. The van der Waals surface area contributed by atoms with Crippen LogP contribution in [0.4, 0.5) is 4.39 Å². The highest BCUT2D eigenvalue weighted by molar-refractivity contribution is 5.30. The molecular formula is C15H24FNO2. The van der Waals surface area contributed by atoms with Crippen LogP contribution in [0.5, 0.6) is 5.75 Å². The van der Waals surface area contributed by atoms with Crippen molar-refractivity contribution in [1.29, 1.82) is 0 Å². The molecule has 4 heteroatoms. The van der Waals surface area contributed by atoms with Gasteiger partial charge in [0.05, 0.1) is 12.7 Å². The highest BCUT2D eigenvalue weighted by atomic mass is 19.1. The van der Waals surface area contributed by atoms with Crippen molar-refractivity contribution in [3.63, 3.8) is 0 Å². The lowest BCUT2D eigenvalue weighted by Gasteiger charge is -2.36. The molecule has 19 heavy (non-hydrogen) atoms. The summed E-state index contributed by atoms with van der Waals surface area (Å²) in [5.74, 6) is -0.107. The predicted octanol–water partition coefficient (Wildman–Crippen LogP) is 2.91. The van der Waals surface area contributed by atoms with Crippen LogP contribution < -0.4 is 10.5 Å². The van der Waals surface area contributed by atoms with Crippen LogP contribution in [0.1, 0.15) is 32.3 Å². The van der Waals surface area contributed by atoms with Gasteiger partial charge < -0.3 is 15.2 Å². The summed E-state index contributed by atoms with van der Waals surface area (Å²) in [5, 5.41) is 0. The molecule has 1 unspecified atom stereocenters. The van der Waals surface area contributed by atoms with Gasteiger partial charge in [0.15, 0.2) is 11.6 Å². The molecule has 0 aromatic heterocycles. The van der Waals surface area contributed by atoms with Crippen LogP contribution in [0.2, 0.25) is 0 Å². The fourth-order valence-electron chi connectivity index (χ4n) is 2.49. The summed E-state index contributed by atoms with van der Waals surface area (Å²) in [6, 6.07) is 4.78. The van der Waals surface area contributed by atoms with Gasteiger partial charge in [-0.3, -0.25) is 0 Å². The number of methoxy groups -OCH3 is 2. The molecular weight excluding hydrogens is 245 g/mol. The van der Waals surface area contributed by atoms with Crippen LogP contribution in [-0.2, 0) is 11.2 Å². The van der Waals surface area contributed by atoms with Gasteiger partial charge in [0.1, 0.15) is 0 Å². The molecule has 1 aromatic rings. The summed E-state index contributed by atoms with van der Waals surface area (Å²) in [7, 11) is 3.13. The number of benzene rings is 1. The van der Waals surface area contributed by atoms with Crippen molar-refractivity contribution in [2.75, 3.05) is 14.2 Å². The first kappa shape index (κ1) is 15.9. The molecule has 0 saturated carbocycles. The van der Waals surface area contributed by atoms with E-state index >= 15 is 0 Å². The maximum absolute atomic E-state index is 13.6. The Morgan fingerprint density at radius 1 is 1.26 bits per heavy atom. The molecule has 0 radical (unpaired) electrons. The minimum atomic E-state index is -0.358. The molecule has 0 fully saturated rings. The molecule has 0 aliphatic rings. The topological polar surface area (TPSA) is 44.5 Å². The van der Waals surface area contributed by atoms with Crippen LogP contribution in [0.3, 0.4) is 0 Å². The Bertz CT molecular complexity index is 397. The minimum Gasteiger partial charge on any atom is -0.494 e. The molecule has 0 aliphatic carbocycles. The smallest absolute Gasteiger partial charge is 0.165 e. The molecule has 3 nitrogen and oxygen atoms in total. The second-order valence-corrected chi connectivity index (χ2v) is 4.76. The normalized spacial score (nSPS) is 13.4. The second kappa shape index (κ2) is 6.87. The number of nitrogens with two attached hydrogens (primary N) is 1. The first-order valence-electron chi connectivity index (χ1n) is 6.66. The molecule has 1 rings (SSSR count). The zero-order valence-corrected chi connectivity index (χ0v) is 12.2. The van der Waals surface area contributed by atoms with Crippen LogP contribution >= 0.6 is 0 Å². The van der Waals surface area contributed by atoms with Crippen molar-refractivity contribution < 1.29 is 13.9 Å². The highest BCUT2D eigenvalue weighted by Gasteiger charge is 2.33. The van der Waals surface area contributed by atoms with E-state index in [-0.39, 0.29) is 23.2 Å². The summed E-state index contributed by atoms with van der Waals surface area (Å²) in [6.45, 7) is 4.11. The van der Waals surface area contributed by atoms with Crippen molar-refractivity contribution in [2.45, 2.75) is 44.8 Å². The lowest BCUT2D eigenvalue weighted by atomic mass is 9.85. The highest BCUT2D eigenvalue weighted by Crippen LogP contribution is 2.26. The monoisotopic (exact) mass is 269 g/mol. The van der Waals surface area contributed by atoms with E-state index in [0.29, 0.717) is 6.42 Å². The Morgan fingerprint density at radius 3 is 2.32 bits per heavy atom. The van der Waals surface area contributed by atoms with E-state index in [1.54, 1.807) is 13.2 Å². The van der Waals surface area contributed by atoms with E-state index in [4.69, 9.17) is 15.2 Å². The van der Waals surface area contributed by atoms with Crippen LogP contribution in [0.15, 0.2) is 18.2 Å². The van der Waals surface area contributed by atoms with Gasteiger partial charge in [0, 0.05) is 13.2 Å². The maximum Gasteiger partial charge on any atom is 0.165 e. The summed E-state index contributed by atoms with van der Waals surface area (Å²) < 4.78 is 24.2. The molecule has 0 aliphatic heterocycles. The average Bonchev–Trinajstić information content (AvgIpc) is 2.41. The molecule has 2 N–H and O–H groups in total. The summed E-state index contributed by atoms with van der Waals surface area (Å²) >= 11 is 0. The minimum absolute atomic E-state index is 0.166. The largest absolute Gasteiger partial charge is 0.494 e. The van der Waals surface area contributed by atoms with Gasteiger partial charge >= 0.3 is 0 Å². The Morgan fingerprint density at radius 2 is 1.89 bits per heavy atom. The van der Waals surface area contributed by atoms with Crippen LogP contribution in [-0.4, -0.2) is 25.9 Å². The number of hydrogen-bond acceptors (Lipinski definition) is 3. The van der Waals surface area contributed by atoms with E-state index in [9.17, 15) is 4.39 Å². The van der Waals surface area contributed by atoms with Gasteiger partial charge in [-0.1, -0.05) is 19.9 Å². The number of ether oxygens (including phenoxy) is 2. The third-order valence-corrected chi connectivity index (χ3v) is 3.95. The van der Waals surface area contributed by atoms with Gasteiger partial charge in [-0.05, 0) is 37.0 Å². The summed E-state index contributed by atoms with van der Waals surface area (Å²) in [6.07, 6.45) is 2.25. The number of hydrogen-bond donors (Lipinski definition) is 1. The molecule has 1 atom stereocenters. The number of rotatable bonds is 7. The molecule has 0 amide bonds. The first-order valence-corrected chi connectivity index (χ1v) is 6.66. The molecule has 1 aromatic carbocycles. The third-order valence-electron chi connectivity index (χ3n) is 3.95. The van der Waals surface area contributed by atoms with Gasteiger partial charge in [-0.25, -0.2) is 4.39 Å². The zero-order chi connectivity index (χ0) is 14.5. The number of halogens is 1. The predicted molar refractivity (Wildman–Crippen MR) is 75.0 cm³/mol. The fourth-order valence-corrected chi connectivity index (χ4v) is 2.49. The van der Waals surface area contributed by atoms with Crippen molar-refractivity contribution in [3.05, 3.63) is 29.6 Å². The lowest BCUT2D eigenvalue weighted by Crippen LogP contribution is -2.50. The van der Waals surface area contributed by atoms with E-state index in [1.807, 2.05) is 6.07 Å². The van der Waals surface area contributed by atoms with Gasteiger partial charge in [-0.2, -0.15) is 0 Å². The summed E-state index contributed by atoms with van der Waals surface area (Å²) in [4.78, 5) is 0. The lowest BCUT2D eigenvalue weighted by molar-refractivity contribution is -0.0374. The standard InChI is InChI=1S/C15H24FNO2/c1-5-15(6-2,19-4)14(17)10-11-7-8-13(18-3)12(16)9-11/h7-9,14H,5-6,10,17H2,1-4H3. The maximum atomic E-state index is 13.6. The Labute approximate surface area is 114 Å². The Balaban J connectivity index is 2.86. The molecule has 0 heterocycles. The third kappa shape index (κ3) is 3.45. The SMILES string of the molecule is CCC(CC)(OC)C(N)Cc1ccc(OC)c(F)c1. The van der Waals surface area contributed by atoms with E-state index < -0.39 is 0 Å². The van der Waals surface area contributed by atoms with Crippen LogP contribution in [0, 0.1) is 5.82 Å². The van der Waals surface area contributed by atoms with E-state index in [1.165, 1.54) is 13.2 Å². The van der Waals surface area contributed by atoms with E-state index in [2.05, 4.69) is 13.8 Å². The second-order valence-electron chi connectivity index (χ2n) is 4.76. The van der Waals surface area contributed by atoms with Crippen molar-refractivity contribution in [1.82, 2.24) is 0 Å². The molecule has 0 spiro atoms. The van der Waals surface area contributed by atoms with E-state index in [0.717, 1.165) is 18.4 Å². The Hall–Kier alpha value is -1.13. The molecule has 0 saturated heterocycles. The first-order chi connectivity index (χ1) is 9.02. The van der Waals surface area contributed by atoms with Crippen molar-refractivity contribution >= 4 is 0 Å². The van der Waals surface area contributed by atoms with Gasteiger partial charge in [-0.15, -0.1) is 0 Å². The molecule has 0 bridgehead atoms. The Kier molecular flexibility index (Phi) is 5.76. The zero-order valence-electron chi connectivity index (χ0n) is 12.2. The van der Waals surface area contributed by atoms with Gasteiger partial charge in [0.25, 0.3) is 0 Å². The quantitative estimate of drug-likeness (QED) is 0.827.